The first kappa shape index (κ1) is 21.4. The standard InChI is InChI=1S/C24H30BN3S/c1-5-20(3)21-9-10-22(27-16-21)17-28(23-8-6-7-19(2)15-23)29(4)24-11-13-25(18-26)14-12-24/h6-10,15-16,24H,3-5,11-14,17H2,1-2H3. The fourth-order valence-electron chi connectivity index (χ4n) is 3.82. The molecule has 0 radical (unpaired) electrons. The second-order valence-corrected chi connectivity index (χ2v) is 9.78. The molecule has 3 nitrogen and oxygen atoms in total. The van der Waals surface area contributed by atoms with Crippen molar-refractivity contribution in [2.45, 2.75) is 57.5 Å². The van der Waals surface area contributed by atoms with Crippen molar-refractivity contribution in [2.24, 2.45) is 0 Å². The van der Waals surface area contributed by atoms with Crippen molar-refractivity contribution in [3.63, 3.8) is 0 Å². The van der Waals surface area contributed by atoms with E-state index in [0.29, 0.717) is 5.25 Å². The number of aromatic nitrogens is 1. The summed E-state index contributed by atoms with van der Waals surface area (Å²) >= 11 is 0. The van der Waals surface area contributed by atoms with E-state index < -0.39 is 0 Å². The van der Waals surface area contributed by atoms with Crippen LogP contribution in [0.15, 0.2) is 49.2 Å². The van der Waals surface area contributed by atoms with E-state index in [0.717, 1.165) is 55.3 Å². The Kier molecular flexibility index (Phi) is 7.33. The maximum absolute atomic E-state index is 9.22. The Balaban J connectivity index is 1.83. The number of hydrogen-bond acceptors (Lipinski definition) is 3. The van der Waals surface area contributed by atoms with Gasteiger partial charge in [0.2, 0.25) is 0 Å². The third kappa shape index (κ3) is 5.39. The lowest BCUT2D eigenvalue weighted by molar-refractivity contribution is 0.743. The van der Waals surface area contributed by atoms with Crippen molar-refractivity contribution in [1.82, 2.24) is 4.98 Å². The minimum atomic E-state index is -0.170. The van der Waals surface area contributed by atoms with Crippen LogP contribution in [-0.4, -0.2) is 22.8 Å². The van der Waals surface area contributed by atoms with E-state index in [1.54, 1.807) is 0 Å². The van der Waals surface area contributed by atoms with E-state index in [1.807, 2.05) is 6.20 Å². The zero-order valence-electron chi connectivity index (χ0n) is 17.6. The summed E-state index contributed by atoms with van der Waals surface area (Å²) in [5, 5.41) is 9.75. The van der Waals surface area contributed by atoms with E-state index >= 15 is 0 Å². The predicted molar refractivity (Wildman–Crippen MR) is 130 cm³/mol. The maximum atomic E-state index is 9.22. The first-order valence-corrected chi connectivity index (χ1v) is 11.8. The second kappa shape index (κ2) is 9.94. The average molecular weight is 403 g/mol. The number of rotatable bonds is 7. The van der Waals surface area contributed by atoms with Gasteiger partial charge >= 0.3 is 0 Å². The Morgan fingerprint density at radius 3 is 2.66 bits per heavy atom. The number of allylic oxidation sites excluding steroid dienone is 1. The van der Waals surface area contributed by atoms with Crippen LogP contribution in [0.1, 0.15) is 43.0 Å². The van der Waals surface area contributed by atoms with Gasteiger partial charge in [0.15, 0.2) is 0 Å². The second-order valence-electron chi connectivity index (χ2n) is 7.87. The molecular weight excluding hydrogens is 373 g/mol. The van der Waals surface area contributed by atoms with Crippen LogP contribution in [0.25, 0.3) is 5.57 Å². The molecule has 1 fully saturated rings. The molecule has 150 valence electrons. The van der Waals surface area contributed by atoms with Crippen LogP contribution >= 0.6 is 10.7 Å². The number of aryl methyl sites for hydroxylation is 1. The first-order valence-electron chi connectivity index (χ1n) is 10.4. The topological polar surface area (TPSA) is 39.9 Å². The third-order valence-electron chi connectivity index (χ3n) is 5.78. The van der Waals surface area contributed by atoms with Crippen LogP contribution in [0.4, 0.5) is 5.69 Å². The molecule has 5 heteroatoms. The van der Waals surface area contributed by atoms with Crippen molar-refractivity contribution >= 4 is 34.5 Å². The highest BCUT2D eigenvalue weighted by molar-refractivity contribution is 8.15. The number of benzene rings is 1. The highest BCUT2D eigenvalue weighted by Crippen LogP contribution is 2.39. The van der Waals surface area contributed by atoms with Crippen LogP contribution in [0.3, 0.4) is 0 Å². The summed E-state index contributed by atoms with van der Waals surface area (Å²) in [6.07, 6.45) is 7.02. The first-order chi connectivity index (χ1) is 14.0. The molecule has 29 heavy (non-hydrogen) atoms. The van der Waals surface area contributed by atoms with Crippen molar-refractivity contribution in [1.29, 1.82) is 5.26 Å². The zero-order valence-corrected chi connectivity index (χ0v) is 18.4. The monoisotopic (exact) mass is 403 g/mol. The van der Waals surface area contributed by atoms with Crippen molar-refractivity contribution in [2.75, 3.05) is 4.31 Å². The fraction of sp³-hybridized carbons (Fsp3) is 0.375. The Morgan fingerprint density at radius 1 is 1.31 bits per heavy atom. The normalized spacial score (nSPS) is 15.6. The third-order valence-corrected chi connectivity index (χ3v) is 7.93. The highest BCUT2D eigenvalue weighted by Gasteiger charge is 2.28. The number of nitriles is 1. The van der Waals surface area contributed by atoms with Crippen molar-refractivity contribution in [3.8, 4) is 5.97 Å². The molecule has 0 bridgehead atoms. The minimum Gasteiger partial charge on any atom is -0.316 e. The summed E-state index contributed by atoms with van der Waals surface area (Å²) in [5.74, 6) is 7.05. The molecule has 0 N–H and O–H groups in total. The van der Waals surface area contributed by atoms with Crippen LogP contribution < -0.4 is 4.31 Å². The van der Waals surface area contributed by atoms with E-state index in [4.69, 9.17) is 4.98 Å². The summed E-state index contributed by atoms with van der Waals surface area (Å²) < 4.78 is 2.42. The lowest BCUT2D eigenvalue weighted by atomic mass is 9.43. The Morgan fingerprint density at radius 2 is 2.07 bits per heavy atom. The molecule has 0 saturated carbocycles. The van der Waals surface area contributed by atoms with Crippen LogP contribution in [0.2, 0.25) is 12.6 Å². The van der Waals surface area contributed by atoms with Gasteiger partial charge in [-0.1, -0.05) is 60.9 Å². The summed E-state index contributed by atoms with van der Waals surface area (Å²) in [4.78, 5) is 4.72. The summed E-state index contributed by atoms with van der Waals surface area (Å²) in [6.45, 7) is 9.32. The van der Waals surface area contributed by atoms with Gasteiger partial charge < -0.3 is 4.31 Å². The van der Waals surface area contributed by atoms with Crippen molar-refractivity contribution in [3.05, 3.63) is 66.0 Å². The minimum absolute atomic E-state index is 0.170. The van der Waals surface area contributed by atoms with Gasteiger partial charge in [-0.05, 0) is 61.1 Å². The number of pyridine rings is 1. The van der Waals surface area contributed by atoms with E-state index in [9.17, 15) is 5.26 Å². The molecule has 1 atom stereocenters. The number of anilines is 1. The molecule has 1 aliphatic heterocycles. The molecule has 1 aromatic carbocycles. The Labute approximate surface area is 178 Å². The molecule has 3 rings (SSSR count). The molecular formula is C24H30BN3S. The van der Waals surface area contributed by atoms with Gasteiger partial charge in [0.1, 0.15) is 0 Å². The molecule has 1 aromatic heterocycles. The maximum Gasteiger partial charge on any atom is 0.267 e. The van der Waals surface area contributed by atoms with Gasteiger partial charge in [-0.2, -0.15) is 0 Å². The largest absolute Gasteiger partial charge is 0.316 e. The summed E-state index contributed by atoms with van der Waals surface area (Å²) in [7, 11) is -0.170. The van der Waals surface area contributed by atoms with E-state index in [2.05, 4.69) is 73.0 Å². The van der Waals surface area contributed by atoms with E-state index in [-0.39, 0.29) is 17.4 Å². The highest BCUT2D eigenvalue weighted by atomic mass is 32.2. The average Bonchev–Trinajstić information content (AvgIpc) is 2.77. The smallest absolute Gasteiger partial charge is 0.267 e. The van der Waals surface area contributed by atoms with Gasteiger partial charge in [0, 0.05) is 23.1 Å². The quantitative estimate of drug-likeness (QED) is 0.411. The number of nitrogens with zero attached hydrogens (tertiary/aromatic N) is 3. The molecule has 0 spiro atoms. The van der Waals surface area contributed by atoms with Gasteiger partial charge in [-0.3, -0.25) is 4.98 Å². The molecule has 0 aliphatic carbocycles. The van der Waals surface area contributed by atoms with Gasteiger partial charge in [-0.25, -0.2) is 5.26 Å². The molecule has 1 aliphatic rings. The van der Waals surface area contributed by atoms with Gasteiger partial charge in [0.25, 0.3) is 6.71 Å². The molecule has 0 amide bonds. The summed E-state index contributed by atoms with van der Waals surface area (Å²) in [6, 6.07) is 12.9. The Hall–Kier alpha value is -2.32. The Bertz CT molecular complexity index is 908. The van der Waals surface area contributed by atoms with E-state index in [1.165, 1.54) is 11.3 Å². The van der Waals surface area contributed by atoms with Crippen LogP contribution in [-0.2, 0) is 6.54 Å². The molecule has 1 saturated heterocycles. The lowest BCUT2D eigenvalue weighted by Crippen LogP contribution is -2.28. The SMILES string of the molecule is C=C(CC)c1ccc(CN(c2cccc(C)c2)S(=C)C2CCB(C#N)CC2)nc1. The molecule has 2 heterocycles. The van der Waals surface area contributed by atoms with Crippen LogP contribution in [0, 0.1) is 18.2 Å². The van der Waals surface area contributed by atoms with Gasteiger partial charge in [0.05, 0.1) is 12.2 Å². The van der Waals surface area contributed by atoms with Crippen molar-refractivity contribution < 1.29 is 0 Å². The molecule has 2 aromatic rings. The zero-order chi connectivity index (χ0) is 20.8. The lowest BCUT2D eigenvalue weighted by Gasteiger charge is -2.35. The van der Waals surface area contributed by atoms with Crippen LogP contribution in [0.5, 0.6) is 0 Å². The fourth-order valence-corrected chi connectivity index (χ4v) is 5.67. The predicted octanol–water partition coefficient (Wildman–Crippen LogP) is 6.16. The number of hydrogen-bond donors (Lipinski definition) is 0. The summed E-state index contributed by atoms with van der Waals surface area (Å²) in [5.41, 5.74) is 5.73. The molecule has 1 unspecified atom stereocenters. The van der Waals surface area contributed by atoms with Gasteiger partial charge in [-0.15, -0.1) is 0 Å².